The topological polar surface area (TPSA) is 58.6 Å². The zero-order valence-electron chi connectivity index (χ0n) is 14.2. The number of amides is 2. The van der Waals surface area contributed by atoms with Gasteiger partial charge in [-0.15, -0.1) is 0 Å². The van der Waals surface area contributed by atoms with Crippen LogP contribution in [0.15, 0.2) is 24.3 Å². The van der Waals surface area contributed by atoms with E-state index < -0.39 is 0 Å². The minimum Gasteiger partial charge on any atom is -0.496 e. The summed E-state index contributed by atoms with van der Waals surface area (Å²) in [6.45, 7) is 5.83. The first-order valence-electron chi connectivity index (χ1n) is 8.23. The molecule has 0 saturated carbocycles. The van der Waals surface area contributed by atoms with Crippen molar-refractivity contribution in [3.05, 3.63) is 29.8 Å². The highest BCUT2D eigenvalue weighted by molar-refractivity contribution is 5.97. The minimum atomic E-state index is -0.00935. The minimum absolute atomic E-state index is 0.00216. The first kappa shape index (κ1) is 17.3. The molecule has 1 atom stereocenters. The van der Waals surface area contributed by atoms with Crippen molar-refractivity contribution in [2.75, 3.05) is 26.7 Å². The first-order chi connectivity index (χ1) is 11.0. The van der Waals surface area contributed by atoms with Crippen LogP contribution >= 0.6 is 0 Å². The van der Waals surface area contributed by atoms with Crippen molar-refractivity contribution in [1.29, 1.82) is 0 Å². The average molecular weight is 318 g/mol. The standard InChI is InChI=1S/C18H26N2O3/c1-13(2)17(21)19-11-14-7-6-10-20(12-14)18(22)15-8-4-5-9-16(15)23-3/h4-5,8-9,13-14H,6-7,10-12H2,1-3H3,(H,19,21). The van der Waals surface area contributed by atoms with Gasteiger partial charge < -0.3 is 15.0 Å². The maximum Gasteiger partial charge on any atom is 0.257 e. The van der Waals surface area contributed by atoms with E-state index in [9.17, 15) is 9.59 Å². The molecule has 1 heterocycles. The number of hydrogen-bond donors (Lipinski definition) is 1. The predicted molar refractivity (Wildman–Crippen MR) is 89.5 cm³/mol. The fourth-order valence-corrected chi connectivity index (χ4v) is 2.86. The van der Waals surface area contributed by atoms with Gasteiger partial charge >= 0.3 is 0 Å². The van der Waals surface area contributed by atoms with Crippen molar-refractivity contribution in [3.8, 4) is 5.75 Å². The maximum absolute atomic E-state index is 12.7. The summed E-state index contributed by atoms with van der Waals surface area (Å²) in [7, 11) is 1.58. The molecule has 126 valence electrons. The Kier molecular flexibility index (Phi) is 6.02. The van der Waals surface area contributed by atoms with E-state index >= 15 is 0 Å². The molecule has 1 fully saturated rings. The quantitative estimate of drug-likeness (QED) is 0.906. The van der Waals surface area contributed by atoms with Gasteiger partial charge in [0.15, 0.2) is 0 Å². The second kappa shape index (κ2) is 7.99. The second-order valence-corrected chi connectivity index (χ2v) is 6.36. The van der Waals surface area contributed by atoms with E-state index in [1.54, 1.807) is 19.2 Å². The SMILES string of the molecule is COc1ccccc1C(=O)N1CCCC(CNC(=O)C(C)C)C1. The van der Waals surface area contributed by atoms with Crippen molar-refractivity contribution in [2.45, 2.75) is 26.7 Å². The average Bonchev–Trinajstić information content (AvgIpc) is 2.59. The summed E-state index contributed by atoms with van der Waals surface area (Å²) < 4.78 is 5.28. The number of ether oxygens (including phenoxy) is 1. The van der Waals surface area contributed by atoms with Gasteiger partial charge in [0.2, 0.25) is 5.91 Å². The van der Waals surface area contributed by atoms with Crippen LogP contribution in [-0.2, 0) is 4.79 Å². The lowest BCUT2D eigenvalue weighted by Gasteiger charge is -2.33. The van der Waals surface area contributed by atoms with Gasteiger partial charge in [0.25, 0.3) is 5.91 Å². The zero-order valence-corrected chi connectivity index (χ0v) is 14.2. The summed E-state index contributed by atoms with van der Waals surface area (Å²) in [5.41, 5.74) is 0.599. The molecule has 1 aliphatic heterocycles. The van der Waals surface area contributed by atoms with Crippen LogP contribution in [0.3, 0.4) is 0 Å². The fraction of sp³-hybridized carbons (Fsp3) is 0.556. The van der Waals surface area contributed by atoms with Crippen molar-refractivity contribution >= 4 is 11.8 Å². The summed E-state index contributed by atoms with van der Waals surface area (Å²) in [5.74, 6) is 0.975. The number of piperidine rings is 1. The van der Waals surface area contributed by atoms with Crippen molar-refractivity contribution in [3.63, 3.8) is 0 Å². The number of methoxy groups -OCH3 is 1. The molecule has 5 heteroatoms. The number of nitrogens with one attached hydrogen (secondary N) is 1. The highest BCUT2D eigenvalue weighted by Crippen LogP contribution is 2.23. The molecule has 1 N–H and O–H groups in total. The third-order valence-electron chi connectivity index (χ3n) is 4.23. The van der Waals surface area contributed by atoms with Crippen LogP contribution in [0.5, 0.6) is 5.75 Å². The summed E-state index contributed by atoms with van der Waals surface area (Å²) >= 11 is 0. The van der Waals surface area contributed by atoms with Crippen LogP contribution < -0.4 is 10.1 Å². The lowest BCUT2D eigenvalue weighted by Crippen LogP contribution is -2.44. The Labute approximate surface area is 138 Å². The molecule has 2 amide bonds. The van der Waals surface area contributed by atoms with Gasteiger partial charge in [0.05, 0.1) is 12.7 Å². The van der Waals surface area contributed by atoms with E-state index in [1.165, 1.54) is 0 Å². The Morgan fingerprint density at radius 3 is 2.78 bits per heavy atom. The molecule has 1 unspecified atom stereocenters. The van der Waals surface area contributed by atoms with Crippen LogP contribution in [-0.4, -0.2) is 43.5 Å². The Hall–Kier alpha value is -2.04. The maximum atomic E-state index is 12.7. The summed E-state index contributed by atoms with van der Waals surface area (Å²) in [6.07, 6.45) is 2.00. The molecule has 1 aliphatic rings. The summed E-state index contributed by atoms with van der Waals surface area (Å²) in [6, 6.07) is 7.30. The van der Waals surface area contributed by atoms with Crippen LogP contribution in [0.4, 0.5) is 0 Å². The Morgan fingerprint density at radius 2 is 2.09 bits per heavy atom. The number of hydrogen-bond acceptors (Lipinski definition) is 3. The highest BCUT2D eigenvalue weighted by Gasteiger charge is 2.26. The third-order valence-corrected chi connectivity index (χ3v) is 4.23. The van der Waals surface area contributed by atoms with Gasteiger partial charge in [-0.3, -0.25) is 9.59 Å². The van der Waals surface area contributed by atoms with Crippen LogP contribution in [0, 0.1) is 11.8 Å². The summed E-state index contributed by atoms with van der Waals surface area (Å²) in [4.78, 5) is 26.3. The number of nitrogens with zero attached hydrogens (tertiary/aromatic N) is 1. The molecule has 0 aromatic heterocycles. The van der Waals surface area contributed by atoms with Gasteiger partial charge in [0.1, 0.15) is 5.75 Å². The predicted octanol–water partition coefficient (Wildman–Crippen LogP) is 2.32. The van der Waals surface area contributed by atoms with E-state index in [2.05, 4.69) is 5.32 Å². The number of rotatable bonds is 5. The molecular weight excluding hydrogens is 292 g/mol. The molecule has 0 radical (unpaired) electrons. The molecular formula is C18H26N2O3. The monoisotopic (exact) mass is 318 g/mol. The van der Waals surface area contributed by atoms with Crippen molar-refractivity contribution in [1.82, 2.24) is 10.2 Å². The Bertz CT molecular complexity index is 557. The van der Waals surface area contributed by atoms with Crippen LogP contribution in [0.1, 0.15) is 37.0 Å². The Morgan fingerprint density at radius 1 is 1.35 bits per heavy atom. The smallest absolute Gasteiger partial charge is 0.257 e. The zero-order chi connectivity index (χ0) is 16.8. The molecule has 1 aromatic carbocycles. The molecule has 2 rings (SSSR count). The van der Waals surface area contributed by atoms with Gasteiger partial charge in [0, 0.05) is 25.6 Å². The number of para-hydroxylation sites is 1. The molecule has 1 aromatic rings. The molecule has 23 heavy (non-hydrogen) atoms. The molecule has 0 aliphatic carbocycles. The van der Waals surface area contributed by atoms with Crippen molar-refractivity contribution in [2.24, 2.45) is 11.8 Å². The van der Waals surface area contributed by atoms with E-state index in [0.29, 0.717) is 30.3 Å². The number of carbonyl (C=O) groups excluding carboxylic acids is 2. The number of carbonyl (C=O) groups is 2. The lowest BCUT2D eigenvalue weighted by atomic mass is 9.97. The number of benzene rings is 1. The third kappa shape index (κ3) is 4.47. The van der Waals surface area contributed by atoms with E-state index in [-0.39, 0.29) is 17.7 Å². The van der Waals surface area contributed by atoms with E-state index in [0.717, 1.165) is 19.4 Å². The van der Waals surface area contributed by atoms with Crippen LogP contribution in [0.25, 0.3) is 0 Å². The van der Waals surface area contributed by atoms with Gasteiger partial charge in [-0.1, -0.05) is 26.0 Å². The molecule has 1 saturated heterocycles. The second-order valence-electron chi connectivity index (χ2n) is 6.36. The van der Waals surface area contributed by atoms with Gasteiger partial charge in [-0.2, -0.15) is 0 Å². The number of likely N-dealkylation sites (tertiary alicyclic amines) is 1. The molecule has 0 bridgehead atoms. The Balaban J connectivity index is 1.97. The molecule has 0 spiro atoms. The van der Waals surface area contributed by atoms with Crippen molar-refractivity contribution < 1.29 is 14.3 Å². The molecule has 5 nitrogen and oxygen atoms in total. The van der Waals surface area contributed by atoms with E-state index in [1.807, 2.05) is 30.9 Å². The van der Waals surface area contributed by atoms with Gasteiger partial charge in [-0.05, 0) is 30.9 Å². The van der Waals surface area contributed by atoms with Crippen LogP contribution in [0.2, 0.25) is 0 Å². The first-order valence-corrected chi connectivity index (χ1v) is 8.23. The largest absolute Gasteiger partial charge is 0.496 e. The highest BCUT2D eigenvalue weighted by atomic mass is 16.5. The van der Waals surface area contributed by atoms with Gasteiger partial charge in [-0.25, -0.2) is 0 Å². The lowest BCUT2D eigenvalue weighted by molar-refractivity contribution is -0.124. The normalized spacial score (nSPS) is 17.9. The van der Waals surface area contributed by atoms with E-state index in [4.69, 9.17) is 4.74 Å². The summed E-state index contributed by atoms with van der Waals surface area (Å²) in [5, 5.41) is 2.97. The fourth-order valence-electron chi connectivity index (χ4n) is 2.86.